The average molecular weight is 452 g/mol. The van der Waals surface area contributed by atoms with Gasteiger partial charge in [0.1, 0.15) is 0 Å². The van der Waals surface area contributed by atoms with Crippen molar-refractivity contribution in [1.82, 2.24) is 5.32 Å². The van der Waals surface area contributed by atoms with E-state index in [0.29, 0.717) is 18.7 Å². The van der Waals surface area contributed by atoms with Crippen molar-refractivity contribution in [3.63, 3.8) is 0 Å². The van der Waals surface area contributed by atoms with Gasteiger partial charge in [-0.1, -0.05) is 12.8 Å². The minimum atomic E-state index is -4.92. The number of ether oxygens (including phenoxy) is 1. The third-order valence-electron chi connectivity index (χ3n) is 5.47. The lowest BCUT2D eigenvalue weighted by Crippen LogP contribution is -2.51. The third-order valence-corrected chi connectivity index (χ3v) is 5.47. The van der Waals surface area contributed by atoms with Crippen LogP contribution in [0.25, 0.3) is 0 Å². The number of nitrogens with zero attached hydrogens (tertiary/aromatic N) is 1. The van der Waals surface area contributed by atoms with Crippen molar-refractivity contribution in [2.45, 2.75) is 69.1 Å². The molecule has 0 amide bonds. The summed E-state index contributed by atoms with van der Waals surface area (Å²) in [4.78, 5) is 4.36. The molecule has 3 atom stereocenters. The lowest BCUT2D eigenvalue weighted by molar-refractivity contribution is -0.143. The number of halogens is 6. The molecular formula is C20H26F6N4O. The standard InChI is InChI=1S/C20H26F6N4O/c21-19(22,23)12-8-13(20(24,25)26)10-14(9-12)29-18(28-11-15-4-3-7-31-15)30-17-6-2-1-5-16(17)27/h8-10,15-17H,1-7,11,27H2,(H2,28,29,30)/t15?,16-,17-/m0/s1. The Labute approximate surface area is 176 Å². The molecular weight excluding hydrogens is 426 g/mol. The fourth-order valence-corrected chi connectivity index (χ4v) is 3.78. The molecule has 3 rings (SSSR count). The van der Waals surface area contributed by atoms with Crippen molar-refractivity contribution in [3.8, 4) is 0 Å². The highest BCUT2D eigenvalue weighted by Gasteiger charge is 2.37. The number of nitrogens with two attached hydrogens (primary N) is 1. The van der Waals surface area contributed by atoms with Gasteiger partial charge >= 0.3 is 12.4 Å². The normalized spacial score (nSPS) is 25.5. The summed E-state index contributed by atoms with van der Waals surface area (Å²) in [5.74, 6) is 0.0882. The second-order valence-electron chi connectivity index (χ2n) is 7.94. The average Bonchev–Trinajstić information content (AvgIpc) is 3.20. The largest absolute Gasteiger partial charge is 0.416 e. The van der Waals surface area contributed by atoms with Crippen LogP contribution in [-0.4, -0.2) is 37.3 Å². The van der Waals surface area contributed by atoms with Gasteiger partial charge in [-0.2, -0.15) is 26.3 Å². The summed E-state index contributed by atoms with van der Waals surface area (Å²) in [7, 11) is 0. The molecule has 1 heterocycles. The maximum atomic E-state index is 13.2. The summed E-state index contributed by atoms with van der Waals surface area (Å²) < 4.78 is 84.6. The van der Waals surface area contributed by atoms with E-state index >= 15 is 0 Å². The Balaban J connectivity index is 1.87. The van der Waals surface area contributed by atoms with Gasteiger partial charge in [-0.25, -0.2) is 0 Å². The second-order valence-corrected chi connectivity index (χ2v) is 7.94. The van der Waals surface area contributed by atoms with Crippen LogP contribution in [0.3, 0.4) is 0 Å². The van der Waals surface area contributed by atoms with Crippen molar-refractivity contribution in [3.05, 3.63) is 29.3 Å². The van der Waals surface area contributed by atoms with Crippen LogP contribution in [0.4, 0.5) is 32.0 Å². The fraction of sp³-hybridized carbons (Fsp3) is 0.650. The number of anilines is 1. The number of hydrogen-bond acceptors (Lipinski definition) is 3. The molecule has 0 aromatic heterocycles. The molecule has 0 spiro atoms. The summed E-state index contributed by atoms with van der Waals surface area (Å²) >= 11 is 0. The van der Waals surface area contributed by atoms with Gasteiger partial charge in [0.2, 0.25) is 0 Å². The molecule has 1 aromatic carbocycles. The lowest BCUT2D eigenvalue weighted by Gasteiger charge is -2.31. The zero-order valence-electron chi connectivity index (χ0n) is 16.8. The highest BCUT2D eigenvalue weighted by Crippen LogP contribution is 2.37. The predicted molar refractivity (Wildman–Crippen MR) is 105 cm³/mol. The topological polar surface area (TPSA) is 71.7 Å². The smallest absolute Gasteiger partial charge is 0.376 e. The second kappa shape index (κ2) is 9.64. The van der Waals surface area contributed by atoms with E-state index in [4.69, 9.17) is 10.5 Å². The van der Waals surface area contributed by atoms with Crippen LogP contribution < -0.4 is 16.4 Å². The number of hydrogen-bond donors (Lipinski definition) is 3. The van der Waals surface area contributed by atoms with Gasteiger partial charge in [0.05, 0.1) is 23.8 Å². The summed E-state index contributed by atoms with van der Waals surface area (Å²) in [6.45, 7) is 0.842. The molecule has 1 saturated heterocycles. The molecule has 2 fully saturated rings. The number of benzene rings is 1. The van der Waals surface area contributed by atoms with Crippen molar-refractivity contribution >= 4 is 11.6 Å². The van der Waals surface area contributed by atoms with E-state index in [1.165, 1.54) is 0 Å². The molecule has 5 nitrogen and oxygen atoms in total. The van der Waals surface area contributed by atoms with Gasteiger partial charge in [-0.3, -0.25) is 4.99 Å². The first-order chi connectivity index (χ1) is 14.5. The molecule has 1 aliphatic heterocycles. The van der Waals surface area contributed by atoms with Crippen LogP contribution >= 0.6 is 0 Å². The predicted octanol–water partition coefficient (Wildman–Crippen LogP) is 4.53. The van der Waals surface area contributed by atoms with Crippen molar-refractivity contribution in [2.75, 3.05) is 18.5 Å². The molecule has 1 unspecified atom stereocenters. The van der Waals surface area contributed by atoms with Gasteiger partial charge in [-0.15, -0.1) is 0 Å². The van der Waals surface area contributed by atoms with Crippen LogP contribution in [0.5, 0.6) is 0 Å². The van der Waals surface area contributed by atoms with Gasteiger partial charge in [0.15, 0.2) is 5.96 Å². The van der Waals surface area contributed by atoms with Crippen molar-refractivity contribution in [2.24, 2.45) is 10.7 Å². The van der Waals surface area contributed by atoms with E-state index in [0.717, 1.165) is 38.5 Å². The first kappa shape index (κ1) is 23.6. The van der Waals surface area contributed by atoms with Gasteiger partial charge in [0, 0.05) is 24.4 Å². The van der Waals surface area contributed by atoms with E-state index in [1.54, 1.807) is 0 Å². The van der Waals surface area contributed by atoms with E-state index in [1.807, 2.05) is 0 Å². The van der Waals surface area contributed by atoms with Crippen molar-refractivity contribution in [1.29, 1.82) is 0 Å². The first-order valence-electron chi connectivity index (χ1n) is 10.3. The highest BCUT2D eigenvalue weighted by atomic mass is 19.4. The van der Waals surface area contributed by atoms with Gasteiger partial charge in [-0.05, 0) is 43.9 Å². The minimum Gasteiger partial charge on any atom is -0.376 e. The van der Waals surface area contributed by atoms with Gasteiger partial charge in [0.25, 0.3) is 0 Å². The summed E-state index contributed by atoms with van der Waals surface area (Å²) in [6.07, 6.45) is -4.91. The van der Waals surface area contributed by atoms with Crippen LogP contribution in [0.15, 0.2) is 23.2 Å². The van der Waals surface area contributed by atoms with E-state index < -0.39 is 23.5 Å². The van der Waals surface area contributed by atoms with Crippen LogP contribution in [-0.2, 0) is 17.1 Å². The van der Waals surface area contributed by atoms with E-state index in [2.05, 4.69) is 15.6 Å². The molecule has 1 aromatic rings. The Hall–Kier alpha value is -2.01. The highest BCUT2D eigenvalue weighted by molar-refractivity contribution is 5.94. The monoisotopic (exact) mass is 452 g/mol. The molecule has 1 saturated carbocycles. The third kappa shape index (κ3) is 6.73. The quantitative estimate of drug-likeness (QED) is 0.357. The molecule has 11 heteroatoms. The first-order valence-corrected chi connectivity index (χ1v) is 10.3. The Morgan fingerprint density at radius 3 is 2.16 bits per heavy atom. The Kier molecular flexibility index (Phi) is 7.35. The van der Waals surface area contributed by atoms with Gasteiger partial charge < -0.3 is 21.1 Å². The molecule has 31 heavy (non-hydrogen) atoms. The van der Waals surface area contributed by atoms with E-state index in [9.17, 15) is 26.3 Å². The Bertz CT molecular complexity index is 742. The maximum absolute atomic E-state index is 13.2. The van der Waals surface area contributed by atoms with Crippen molar-refractivity contribution < 1.29 is 31.1 Å². The molecule has 4 N–H and O–H groups in total. The molecule has 174 valence electrons. The van der Waals surface area contributed by atoms with Crippen LogP contribution in [0.1, 0.15) is 49.7 Å². The SMILES string of the molecule is N[C@H]1CCCC[C@@H]1NC(=NCC1CCCO1)Nc1cc(C(F)(F)F)cc(C(F)(F)F)c1. The molecule has 0 bridgehead atoms. The number of aliphatic imine (C=N–C) groups is 1. The fourth-order valence-electron chi connectivity index (χ4n) is 3.78. The van der Waals surface area contributed by atoms with Crippen LogP contribution in [0, 0.1) is 0 Å². The summed E-state index contributed by atoms with van der Waals surface area (Å²) in [5.41, 5.74) is 3.00. The zero-order chi connectivity index (χ0) is 22.6. The number of guanidine groups is 1. The number of alkyl halides is 6. The Morgan fingerprint density at radius 2 is 1.61 bits per heavy atom. The maximum Gasteiger partial charge on any atom is 0.416 e. The lowest BCUT2D eigenvalue weighted by atomic mass is 9.91. The molecule has 0 radical (unpaired) electrons. The number of rotatable bonds is 4. The van der Waals surface area contributed by atoms with E-state index in [-0.39, 0.29) is 42.4 Å². The zero-order valence-corrected chi connectivity index (χ0v) is 16.8. The summed E-state index contributed by atoms with van der Waals surface area (Å²) in [6, 6.07) is 1.00. The van der Waals surface area contributed by atoms with Crippen LogP contribution in [0.2, 0.25) is 0 Å². The molecule has 1 aliphatic carbocycles. The minimum absolute atomic E-state index is 0.0882. The Morgan fingerprint density at radius 1 is 0.968 bits per heavy atom. The number of nitrogens with one attached hydrogen (secondary N) is 2. The molecule has 2 aliphatic rings. The summed E-state index contributed by atoms with van der Waals surface area (Å²) in [5, 5.41) is 5.71.